The van der Waals surface area contributed by atoms with Gasteiger partial charge in [-0.25, -0.2) is 0 Å². The normalized spacial score (nSPS) is 10.3. The molecule has 0 unspecified atom stereocenters. The summed E-state index contributed by atoms with van der Waals surface area (Å²) < 4.78 is 5.79. The van der Waals surface area contributed by atoms with Crippen LogP contribution in [0.3, 0.4) is 0 Å². The lowest BCUT2D eigenvalue weighted by Crippen LogP contribution is -2.14. The van der Waals surface area contributed by atoms with E-state index >= 15 is 0 Å². The number of non-ortho nitro benzene ring substituents is 1. The highest BCUT2D eigenvalue weighted by atomic mass is 16.6. The quantitative estimate of drug-likeness (QED) is 0.476. The van der Waals surface area contributed by atoms with Gasteiger partial charge in [0.15, 0.2) is 0 Å². The number of hydrogen-bond donors (Lipinski definition) is 1. The lowest BCUT2D eigenvalue weighted by Gasteiger charge is -2.11. The van der Waals surface area contributed by atoms with Gasteiger partial charge in [-0.15, -0.1) is 0 Å². The zero-order chi connectivity index (χ0) is 15.1. The molecular formula is C16H18N2O3. The van der Waals surface area contributed by atoms with E-state index in [1.54, 1.807) is 12.1 Å². The van der Waals surface area contributed by atoms with E-state index < -0.39 is 4.92 Å². The van der Waals surface area contributed by atoms with Crippen molar-refractivity contribution in [2.24, 2.45) is 0 Å². The second-order valence-electron chi connectivity index (χ2n) is 4.64. The Balaban J connectivity index is 2.15. The summed E-state index contributed by atoms with van der Waals surface area (Å²) in [6.45, 7) is 3.75. The summed E-state index contributed by atoms with van der Waals surface area (Å²) in [6, 6.07) is 13.9. The molecule has 5 heteroatoms. The molecule has 2 aromatic rings. The van der Waals surface area contributed by atoms with Gasteiger partial charge < -0.3 is 10.1 Å². The molecule has 0 fully saturated rings. The largest absolute Gasteiger partial charge is 0.457 e. The molecule has 5 nitrogen and oxygen atoms in total. The number of nitrogens with one attached hydrogen (secondary N) is 1. The van der Waals surface area contributed by atoms with E-state index in [1.807, 2.05) is 24.3 Å². The van der Waals surface area contributed by atoms with Crippen molar-refractivity contribution >= 4 is 5.69 Å². The number of rotatable bonds is 7. The molecule has 0 bridgehead atoms. The van der Waals surface area contributed by atoms with E-state index in [-0.39, 0.29) is 5.69 Å². The molecular weight excluding hydrogens is 268 g/mol. The van der Waals surface area contributed by atoms with Crippen LogP contribution in [0, 0.1) is 10.1 Å². The number of benzene rings is 2. The molecule has 0 saturated heterocycles. The molecule has 0 saturated carbocycles. The van der Waals surface area contributed by atoms with E-state index in [1.165, 1.54) is 12.1 Å². The first kappa shape index (κ1) is 15.0. The molecule has 0 atom stereocenters. The van der Waals surface area contributed by atoms with Crippen LogP contribution in [0.1, 0.15) is 18.9 Å². The standard InChI is InChI=1S/C16H18N2O3/c1-2-10-17-12-13-6-3-4-9-16(13)21-15-8-5-7-14(11-15)18(19)20/h3-9,11,17H,2,10,12H2,1H3. The Morgan fingerprint density at radius 2 is 2.00 bits per heavy atom. The average Bonchev–Trinajstić information content (AvgIpc) is 2.49. The van der Waals surface area contributed by atoms with Gasteiger partial charge in [0, 0.05) is 18.2 Å². The molecule has 2 rings (SSSR count). The minimum absolute atomic E-state index is 0.0223. The highest BCUT2D eigenvalue weighted by molar-refractivity contribution is 5.42. The maximum absolute atomic E-state index is 10.8. The van der Waals surface area contributed by atoms with E-state index in [0.717, 1.165) is 18.5 Å². The number of nitro groups is 1. The molecule has 1 N–H and O–H groups in total. The van der Waals surface area contributed by atoms with Gasteiger partial charge in [0.25, 0.3) is 5.69 Å². The topological polar surface area (TPSA) is 64.4 Å². The summed E-state index contributed by atoms with van der Waals surface area (Å²) in [5.41, 5.74) is 1.05. The first-order chi connectivity index (χ1) is 10.2. The minimum Gasteiger partial charge on any atom is -0.457 e. The van der Waals surface area contributed by atoms with Crippen molar-refractivity contribution in [1.29, 1.82) is 0 Å². The maximum Gasteiger partial charge on any atom is 0.273 e. The van der Waals surface area contributed by atoms with Gasteiger partial charge in [0.05, 0.1) is 11.0 Å². The fraction of sp³-hybridized carbons (Fsp3) is 0.250. The third kappa shape index (κ3) is 4.29. The van der Waals surface area contributed by atoms with Crippen LogP contribution >= 0.6 is 0 Å². The summed E-state index contributed by atoms with van der Waals surface area (Å²) in [4.78, 5) is 10.4. The van der Waals surface area contributed by atoms with Gasteiger partial charge in [0.2, 0.25) is 0 Å². The maximum atomic E-state index is 10.8. The monoisotopic (exact) mass is 286 g/mol. The zero-order valence-corrected chi connectivity index (χ0v) is 11.9. The molecule has 0 aromatic heterocycles. The number of nitrogens with zero attached hydrogens (tertiary/aromatic N) is 1. The fourth-order valence-corrected chi connectivity index (χ4v) is 1.94. The van der Waals surface area contributed by atoms with Gasteiger partial charge in [0.1, 0.15) is 11.5 Å². The number of hydrogen-bond acceptors (Lipinski definition) is 4. The van der Waals surface area contributed by atoms with Crippen LogP contribution in [0.2, 0.25) is 0 Å². The number of para-hydroxylation sites is 1. The first-order valence-corrected chi connectivity index (χ1v) is 6.91. The molecule has 0 aliphatic heterocycles. The Morgan fingerprint density at radius 3 is 2.76 bits per heavy atom. The van der Waals surface area contributed by atoms with E-state index in [2.05, 4.69) is 12.2 Å². The van der Waals surface area contributed by atoms with Crippen LogP contribution in [0.4, 0.5) is 5.69 Å². The highest BCUT2D eigenvalue weighted by Crippen LogP contribution is 2.27. The van der Waals surface area contributed by atoms with Crippen LogP contribution < -0.4 is 10.1 Å². The van der Waals surface area contributed by atoms with Gasteiger partial charge in [-0.2, -0.15) is 0 Å². The van der Waals surface area contributed by atoms with Gasteiger partial charge in [-0.05, 0) is 25.1 Å². The molecule has 0 heterocycles. The molecule has 0 radical (unpaired) electrons. The van der Waals surface area contributed by atoms with Crippen molar-refractivity contribution in [1.82, 2.24) is 5.32 Å². The van der Waals surface area contributed by atoms with Crippen LogP contribution in [-0.2, 0) is 6.54 Å². The first-order valence-electron chi connectivity index (χ1n) is 6.91. The summed E-state index contributed by atoms with van der Waals surface area (Å²) in [5.74, 6) is 1.17. The Morgan fingerprint density at radius 1 is 1.19 bits per heavy atom. The highest BCUT2D eigenvalue weighted by Gasteiger charge is 2.09. The Labute approximate surface area is 123 Å². The molecule has 0 amide bonds. The fourth-order valence-electron chi connectivity index (χ4n) is 1.94. The SMILES string of the molecule is CCCNCc1ccccc1Oc1cccc([N+](=O)[O-])c1. The van der Waals surface area contributed by atoms with Crippen molar-refractivity contribution < 1.29 is 9.66 Å². The van der Waals surface area contributed by atoms with Crippen LogP contribution in [0.15, 0.2) is 48.5 Å². The molecule has 0 spiro atoms. The number of nitro benzene ring substituents is 1. The zero-order valence-electron chi connectivity index (χ0n) is 11.9. The van der Waals surface area contributed by atoms with E-state index in [4.69, 9.17) is 4.74 Å². The van der Waals surface area contributed by atoms with Crippen molar-refractivity contribution in [2.75, 3.05) is 6.54 Å². The molecule has 110 valence electrons. The second kappa shape index (κ2) is 7.40. The lowest BCUT2D eigenvalue weighted by molar-refractivity contribution is -0.384. The van der Waals surface area contributed by atoms with Gasteiger partial charge in [-0.3, -0.25) is 10.1 Å². The average molecular weight is 286 g/mol. The minimum atomic E-state index is -0.429. The Bertz CT molecular complexity index is 614. The van der Waals surface area contributed by atoms with E-state index in [0.29, 0.717) is 18.0 Å². The second-order valence-corrected chi connectivity index (χ2v) is 4.64. The molecule has 0 aliphatic carbocycles. The third-order valence-electron chi connectivity index (χ3n) is 2.97. The summed E-state index contributed by atoms with van der Waals surface area (Å²) in [7, 11) is 0. The summed E-state index contributed by atoms with van der Waals surface area (Å²) in [5, 5.41) is 14.1. The van der Waals surface area contributed by atoms with Gasteiger partial charge in [-0.1, -0.05) is 31.2 Å². The van der Waals surface area contributed by atoms with Gasteiger partial charge >= 0.3 is 0 Å². The van der Waals surface area contributed by atoms with Crippen molar-refractivity contribution in [3.8, 4) is 11.5 Å². The van der Waals surface area contributed by atoms with Crippen molar-refractivity contribution in [3.63, 3.8) is 0 Å². The lowest BCUT2D eigenvalue weighted by atomic mass is 10.2. The Kier molecular flexibility index (Phi) is 5.29. The van der Waals surface area contributed by atoms with Crippen LogP contribution in [0.25, 0.3) is 0 Å². The predicted octanol–water partition coefficient (Wildman–Crippen LogP) is 3.89. The molecule has 21 heavy (non-hydrogen) atoms. The summed E-state index contributed by atoms with van der Waals surface area (Å²) >= 11 is 0. The van der Waals surface area contributed by atoms with Crippen LogP contribution in [-0.4, -0.2) is 11.5 Å². The Hall–Kier alpha value is -2.40. The van der Waals surface area contributed by atoms with Crippen LogP contribution in [0.5, 0.6) is 11.5 Å². The molecule has 2 aromatic carbocycles. The summed E-state index contributed by atoms with van der Waals surface area (Å²) in [6.07, 6.45) is 1.06. The smallest absolute Gasteiger partial charge is 0.273 e. The van der Waals surface area contributed by atoms with Crippen molar-refractivity contribution in [3.05, 3.63) is 64.2 Å². The third-order valence-corrected chi connectivity index (χ3v) is 2.97. The predicted molar refractivity (Wildman–Crippen MR) is 81.6 cm³/mol. The number of ether oxygens (including phenoxy) is 1. The van der Waals surface area contributed by atoms with Crippen molar-refractivity contribution in [2.45, 2.75) is 19.9 Å². The van der Waals surface area contributed by atoms with E-state index in [9.17, 15) is 10.1 Å². The molecule has 0 aliphatic rings.